The molecule has 0 unspecified atom stereocenters. The fourth-order valence-electron chi connectivity index (χ4n) is 0.476. The summed E-state index contributed by atoms with van der Waals surface area (Å²) in [4.78, 5) is 0. The Morgan fingerprint density at radius 3 is 2.56 bits per heavy atom. The zero-order valence-corrected chi connectivity index (χ0v) is 5.11. The van der Waals surface area contributed by atoms with Crippen LogP contribution in [0.5, 0.6) is 0 Å². The molecule has 0 aromatic heterocycles. The molecule has 0 amide bonds. The van der Waals surface area contributed by atoms with Crippen LogP contribution in [-0.4, -0.2) is 22.5 Å². The summed E-state index contributed by atoms with van der Waals surface area (Å²) in [6.45, 7) is 1.89. The van der Waals surface area contributed by atoms with Gasteiger partial charge in [0.25, 0.3) is 0 Å². The number of rotatable bonds is 1. The minimum Gasteiger partial charge on any atom is -0.457 e. The summed E-state index contributed by atoms with van der Waals surface area (Å²) in [6, 6.07) is 0. The lowest BCUT2D eigenvalue weighted by molar-refractivity contribution is 0.333. The molecule has 0 bridgehead atoms. The molecule has 0 aromatic rings. The number of allylic oxidation sites excluding steroid dienone is 1. The maximum atomic E-state index is 4.83. The molecule has 1 aliphatic heterocycles. The fraction of sp³-hybridized carbons (Fsp3) is 0.333. The molecule has 0 aromatic carbocycles. The van der Waals surface area contributed by atoms with Crippen molar-refractivity contribution in [2.45, 2.75) is 6.92 Å². The van der Waals surface area contributed by atoms with Crippen LogP contribution in [0.15, 0.2) is 12.1 Å². The molecule has 44 valence electrons. The Kier molecular flexibility index (Phi) is 2.90. The Morgan fingerprint density at radius 1 is 1.33 bits per heavy atom. The quantitative estimate of drug-likeness (QED) is 0.447. The van der Waals surface area contributed by atoms with Gasteiger partial charge in [-0.25, -0.2) is 0 Å². The van der Waals surface area contributed by atoms with E-state index in [0.29, 0.717) is 0 Å². The highest BCUT2D eigenvalue weighted by Crippen LogP contribution is 1.95. The molecule has 1 rings (SSSR count). The fourth-order valence-corrected chi connectivity index (χ4v) is 0.476. The van der Waals surface area contributed by atoms with Gasteiger partial charge in [0.2, 0.25) is 0 Å². The maximum Gasteiger partial charge on any atom is 0.458 e. The van der Waals surface area contributed by atoms with E-state index in [9.17, 15) is 0 Å². The third kappa shape index (κ3) is 2.26. The second-order valence-corrected chi connectivity index (χ2v) is 1.49. The molecule has 0 N–H and O–H groups in total. The predicted molar refractivity (Wildman–Crippen MR) is 35.3 cm³/mol. The summed E-state index contributed by atoms with van der Waals surface area (Å²) in [5.74, 6) is 1.77. The molecular weight excluding hydrogens is 116 g/mol. The van der Waals surface area contributed by atoms with E-state index in [-0.39, 0.29) is 7.12 Å². The van der Waals surface area contributed by atoms with Crippen LogP contribution in [0.25, 0.3) is 0 Å². The largest absolute Gasteiger partial charge is 0.458 e. The van der Waals surface area contributed by atoms with Crippen LogP contribution >= 0.6 is 0 Å². The van der Waals surface area contributed by atoms with Crippen LogP contribution in [0.2, 0.25) is 0 Å². The van der Waals surface area contributed by atoms with Crippen LogP contribution in [0.1, 0.15) is 6.92 Å². The highest BCUT2D eigenvalue weighted by molar-refractivity contribution is 6.64. The Hall–Kier alpha value is -0.185. The molecule has 1 aliphatic rings. The van der Waals surface area contributed by atoms with E-state index < -0.39 is 0 Å². The van der Waals surface area contributed by atoms with Gasteiger partial charge in [-0.1, -0.05) is 12.1 Å². The van der Waals surface area contributed by atoms with Crippen molar-refractivity contribution in [1.29, 1.82) is 0 Å². The molecule has 0 spiro atoms. The lowest BCUT2D eigenvalue weighted by Gasteiger charge is -2.14. The van der Waals surface area contributed by atoms with Gasteiger partial charge in [-0.15, -0.1) is 0 Å². The van der Waals surface area contributed by atoms with Crippen molar-refractivity contribution >= 4 is 22.5 Å². The molecule has 2 radical (unpaired) electrons. The van der Waals surface area contributed by atoms with Crippen LogP contribution in [0.4, 0.5) is 0 Å². The van der Waals surface area contributed by atoms with Gasteiger partial charge >= 0.3 is 22.5 Å². The van der Waals surface area contributed by atoms with E-state index in [4.69, 9.17) is 9.14 Å². The third-order valence-corrected chi connectivity index (χ3v) is 0.840. The van der Waals surface area contributed by atoms with Crippen molar-refractivity contribution in [3.63, 3.8) is 0 Å². The highest BCUT2D eigenvalue weighted by Gasteiger charge is 2.20. The lowest BCUT2D eigenvalue weighted by atomic mass is 9.84. The van der Waals surface area contributed by atoms with Gasteiger partial charge in [-0.3, -0.25) is 0 Å². The first-order chi connectivity index (χ1) is 4.43. The smallest absolute Gasteiger partial charge is 0.457 e. The van der Waals surface area contributed by atoms with Gasteiger partial charge in [0.05, 0.1) is 0 Å². The van der Waals surface area contributed by atoms with Crippen molar-refractivity contribution in [3.8, 4) is 0 Å². The molecule has 0 aliphatic carbocycles. The second kappa shape index (κ2) is 3.77. The first kappa shape index (κ1) is 6.93. The van der Waals surface area contributed by atoms with Gasteiger partial charge in [0.1, 0.15) is 0 Å². The van der Waals surface area contributed by atoms with Crippen molar-refractivity contribution in [2.24, 2.45) is 0 Å². The minimum atomic E-state index is -0.316. The van der Waals surface area contributed by atoms with Crippen molar-refractivity contribution in [3.05, 3.63) is 12.1 Å². The zero-order valence-electron chi connectivity index (χ0n) is 5.11. The Labute approximate surface area is 56.1 Å². The van der Waals surface area contributed by atoms with Crippen molar-refractivity contribution in [1.82, 2.24) is 0 Å². The van der Waals surface area contributed by atoms with E-state index >= 15 is 0 Å². The first-order valence-electron chi connectivity index (χ1n) is 2.66. The summed E-state index contributed by atoms with van der Waals surface area (Å²) in [6.07, 6.45) is 1.84. The third-order valence-electron chi connectivity index (χ3n) is 0.840. The van der Waals surface area contributed by atoms with Gasteiger partial charge in [0.15, 0.2) is 0 Å². The van der Waals surface area contributed by atoms with E-state index in [1.54, 1.807) is 5.98 Å². The Balaban J connectivity index is 2.23. The molecular formula is C3H5B3O3. The summed E-state index contributed by atoms with van der Waals surface area (Å²) < 4.78 is 14.2. The molecule has 1 heterocycles. The standard InChI is InChI=1S/C3H5B3O3/c1-2-3-6-8-4-7-5-9-6/h2-3H,1H3/b3-2-. The van der Waals surface area contributed by atoms with Gasteiger partial charge < -0.3 is 13.7 Å². The summed E-state index contributed by atoms with van der Waals surface area (Å²) in [5.41, 5.74) is 0. The first-order valence-corrected chi connectivity index (χ1v) is 2.66. The SMILES string of the molecule is C/C=C\B1O[B]O[B]O1. The van der Waals surface area contributed by atoms with Crippen LogP contribution < -0.4 is 0 Å². The normalized spacial score (nSPS) is 19.4. The van der Waals surface area contributed by atoms with E-state index in [2.05, 4.69) is 4.57 Å². The van der Waals surface area contributed by atoms with Crippen LogP contribution in [-0.2, 0) is 13.7 Å². The predicted octanol–water partition coefficient (Wildman–Crippen LogP) is -0.278. The van der Waals surface area contributed by atoms with E-state index in [1.807, 2.05) is 13.0 Å². The Morgan fingerprint density at radius 2 is 2.00 bits per heavy atom. The average molecular weight is 122 g/mol. The second-order valence-electron chi connectivity index (χ2n) is 1.49. The average Bonchev–Trinajstić information content (AvgIpc) is 1.91. The summed E-state index contributed by atoms with van der Waals surface area (Å²) in [7, 11) is 2.14. The topological polar surface area (TPSA) is 27.7 Å². The van der Waals surface area contributed by atoms with E-state index in [0.717, 1.165) is 0 Å². The molecule has 3 nitrogen and oxygen atoms in total. The Bertz CT molecular complexity index is 100. The maximum absolute atomic E-state index is 4.83. The lowest BCUT2D eigenvalue weighted by Crippen LogP contribution is -2.33. The number of hydrogen-bond acceptors (Lipinski definition) is 3. The van der Waals surface area contributed by atoms with Crippen molar-refractivity contribution in [2.75, 3.05) is 0 Å². The molecule has 9 heavy (non-hydrogen) atoms. The molecule has 0 saturated carbocycles. The summed E-state index contributed by atoms with van der Waals surface area (Å²) >= 11 is 0. The van der Waals surface area contributed by atoms with Crippen LogP contribution in [0, 0.1) is 0 Å². The highest BCUT2D eigenvalue weighted by atomic mass is 16.7. The molecule has 1 saturated heterocycles. The van der Waals surface area contributed by atoms with Crippen molar-refractivity contribution < 1.29 is 13.7 Å². The monoisotopic (exact) mass is 122 g/mol. The van der Waals surface area contributed by atoms with Gasteiger partial charge in [-0.05, 0) is 6.92 Å². The van der Waals surface area contributed by atoms with Gasteiger partial charge in [0, 0.05) is 0 Å². The number of hydrogen-bond donors (Lipinski definition) is 0. The van der Waals surface area contributed by atoms with Gasteiger partial charge in [-0.2, -0.15) is 0 Å². The minimum absolute atomic E-state index is 0.316. The molecule has 6 heteroatoms. The molecule has 1 fully saturated rings. The molecule has 0 atom stereocenters. The summed E-state index contributed by atoms with van der Waals surface area (Å²) in [5, 5.41) is 0. The van der Waals surface area contributed by atoms with E-state index in [1.165, 1.54) is 15.4 Å². The van der Waals surface area contributed by atoms with Crippen LogP contribution in [0.3, 0.4) is 0 Å². The zero-order chi connectivity index (χ0) is 6.53.